The van der Waals surface area contributed by atoms with E-state index in [0.717, 1.165) is 5.56 Å². The number of carbonyl (C=O) groups excluding carboxylic acids is 1. The topological polar surface area (TPSA) is 29.1 Å². The van der Waals surface area contributed by atoms with Crippen LogP contribution in [0.2, 0.25) is 5.02 Å². The molecule has 0 saturated carbocycles. The number of amides is 1. The van der Waals surface area contributed by atoms with Crippen LogP contribution in [0.4, 0.5) is 5.69 Å². The van der Waals surface area contributed by atoms with E-state index in [9.17, 15) is 4.79 Å². The van der Waals surface area contributed by atoms with E-state index in [0.29, 0.717) is 10.7 Å². The molecule has 0 aliphatic carbocycles. The number of rotatable bonds is 1. The number of hydrogen-bond acceptors (Lipinski definition) is 1. The van der Waals surface area contributed by atoms with E-state index in [4.69, 9.17) is 11.6 Å². The summed E-state index contributed by atoms with van der Waals surface area (Å²) in [6, 6.07) is 5.33. The van der Waals surface area contributed by atoms with E-state index in [-0.39, 0.29) is 5.91 Å². The predicted molar refractivity (Wildman–Crippen MR) is 50.2 cm³/mol. The molecule has 1 amide bonds. The first-order chi connectivity index (χ1) is 5.61. The predicted octanol–water partition coefficient (Wildman–Crippen LogP) is 2.42. The molecule has 0 bridgehead atoms. The maximum Gasteiger partial charge on any atom is 0.224 e. The molecule has 0 saturated heterocycles. The molecule has 0 unspecified atom stereocenters. The van der Waals surface area contributed by atoms with Gasteiger partial charge >= 0.3 is 0 Å². The molecule has 1 aromatic rings. The van der Waals surface area contributed by atoms with Gasteiger partial charge in [-0.05, 0) is 24.6 Å². The Hall–Kier alpha value is -1.02. The van der Waals surface area contributed by atoms with Crippen molar-refractivity contribution < 1.29 is 4.79 Å². The quantitative estimate of drug-likeness (QED) is 0.710. The first-order valence-electron chi connectivity index (χ1n) is 3.49. The van der Waals surface area contributed by atoms with Gasteiger partial charge in [-0.2, -0.15) is 0 Å². The summed E-state index contributed by atoms with van der Waals surface area (Å²) in [4.78, 5) is 10.6. The van der Waals surface area contributed by atoms with Crippen LogP contribution in [0.15, 0.2) is 18.2 Å². The summed E-state index contributed by atoms with van der Waals surface area (Å²) in [7, 11) is 0. The molecule has 63 valence electrons. The maximum atomic E-state index is 10.6. The molecule has 0 aromatic heterocycles. The number of carbonyl (C=O) groups is 1. The summed E-state index contributed by atoms with van der Waals surface area (Å²) in [5.74, 6) is -0.333. The summed E-state index contributed by atoms with van der Waals surface area (Å²) in [5, 5.41) is 3.22. The van der Waals surface area contributed by atoms with E-state index in [2.05, 4.69) is 12.2 Å². The van der Waals surface area contributed by atoms with Crippen LogP contribution in [-0.4, -0.2) is 5.91 Å². The number of halogens is 1. The zero-order valence-corrected chi connectivity index (χ0v) is 7.48. The number of hydrogen-bond donors (Lipinski definition) is 1. The molecule has 1 rings (SSSR count). The van der Waals surface area contributed by atoms with Crippen molar-refractivity contribution in [3.63, 3.8) is 0 Å². The Labute approximate surface area is 76.5 Å². The third-order valence-corrected chi connectivity index (χ3v) is 1.95. The Morgan fingerprint density at radius 3 is 2.83 bits per heavy atom. The van der Waals surface area contributed by atoms with E-state index in [1.807, 2.05) is 6.92 Å². The third kappa shape index (κ3) is 1.98. The first-order valence-corrected chi connectivity index (χ1v) is 3.87. The Morgan fingerprint density at radius 2 is 2.25 bits per heavy atom. The lowest BCUT2D eigenvalue weighted by atomic mass is 10.2. The van der Waals surface area contributed by atoms with Crippen LogP contribution >= 0.6 is 11.6 Å². The van der Waals surface area contributed by atoms with Crippen LogP contribution in [0.1, 0.15) is 5.56 Å². The summed E-state index contributed by atoms with van der Waals surface area (Å²) in [6.45, 7) is 5.05. The highest BCUT2D eigenvalue weighted by molar-refractivity contribution is 6.31. The Balaban J connectivity index is 3.00. The van der Waals surface area contributed by atoms with Gasteiger partial charge in [0, 0.05) is 17.6 Å². The molecule has 1 aromatic carbocycles. The Morgan fingerprint density at radius 1 is 1.58 bits per heavy atom. The third-order valence-electron chi connectivity index (χ3n) is 1.54. The van der Waals surface area contributed by atoms with Gasteiger partial charge in [-0.3, -0.25) is 4.79 Å². The minimum Gasteiger partial charge on any atom is -0.326 e. The fourth-order valence-electron chi connectivity index (χ4n) is 0.893. The zero-order valence-electron chi connectivity index (χ0n) is 6.73. The van der Waals surface area contributed by atoms with Crippen LogP contribution in [0, 0.1) is 13.8 Å². The van der Waals surface area contributed by atoms with Gasteiger partial charge in [-0.15, -0.1) is 0 Å². The van der Waals surface area contributed by atoms with Crippen molar-refractivity contribution in [3.05, 3.63) is 35.7 Å². The van der Waals surface area contributed by atoms with E-state index in [1.54, 1.807) is 18.2 Å². The van der Waals surface area contributed by atoms with Crippen LogP contribution in [-0.2, 0) is 4.79 Å². The number of benzene rings is 1. The molecule has 1 N–H and O–H groups in total. The van der Waals surface area contributed by atoms with Crippen LogP contribution in [0.25, 0.3) is 0 Å². The molecule has 0 spiro atoms. The van der Waals surface area contributed by atoms with Crippen molar-refractivity contribution in [2.24, 2.45) is 0 Å². The van der Waals surface area contributed by atoms with Crippen molar-refractivity contribution in [1.29, 1.82) is 0 Å². The maximum absolute atomic E-state index is 10.6. The highest BCUT2D eigenvalue weighted by atomic mass is 35.5. The monoisotopic (exact) mass is 182 g/mol. The molecule has 12 heavy (non-hydrogen) atoms. The van der Waals surface area contributed by atoms with Gasteiger partial charge in [0.1, 0.15) is 0 Å². The normalized spacial score (nSPS) is 9.58. The second kappa shape index (κ2) is 3.59. The highest BCUT2D eigenvalue weighted by Gasteiger charge is 2.01. The van der Waals surface area contributed by atoms with Gasteiger partial charge in [0.05, 0.1) is 0 Å². The Kier molecular flexibility index (Phi) is 2.71. The lowest BCUT2D eigenvalue weighted by molar-refractivity contribution is -0.112. The summed E-state index contributed by atoms with van der Waals surface area (Å²) < 4.78 is 0. The average Bonchev–Trinajstić information content (AvgIpc) is 1.98. The van der Waals surface area contributed by atoms with Gasteiger partial charge in [0.25, 0.3) is 0 Å². The van der Waals surface area contributed by atoms with Crippen LogP contribution in [0.5, 0.6) is 0 Å². The van der Waals surface area contributed by atoms with Gasteiger partial charge in [-0.25, -0.2) is 0 Å². The van der Waals surface area contributed by atoms with Gasteiger partial charge in [-0.1, -0.05) is 17.7 Å². The van der Waals surface area contributed by atoms with Crippen molar-refractivity contribution in [2.45, 2.75) is 6.92 Å². The average molecular weight is 183 g/mol. The largest absolute Gasteiger partial charge is 0.326 e. The summed E-state index contributed by atoms with van der Waals surface area (Å²) >= 11 is 5.83. The smallest absolute Gasteiger partial charge is 0.224 e. The second-order valence-electron chi connectivity index (χ2n) is 2.46. The molecule has 0 aliphatic rings. The molecule has 0 fully saturated rings. The lowest BCUT2D eigenvalue weighted by Gasteiger charge is -2.06. The van der Waals surface area contributed by atoms with E-state index >= 15 is 0 Å². The lowest BCUT2D eigenvalue weighted by Crippen LogP contribution is -2.07. The van der Waals surface area contributed by atoms with Crippen LogP contribution < -0.4 is 5.32 Å². The van der Waals surface area contributed by atoms with Crippen molar-refractivity contribution in [2.75, 3.05) is 5.32 Å². The van der Waals surface area contributed by atoms with Crippen molar-refractivity contribution in [3.8, 4) is 0 Å². The van der Waals surface area contributed by atoms with Gasteiger partial charge < -0.3 is 5.32 Å². The highest BCUT2D eigenvalue weighted by Crippen LogP contribution is 2.22. The molecule has 1 radical (unpaired) electrons. The minimum atomic E-state index is -0.333. The van der Waals surface area contributed by atoms with Gasteiger partial charge in [0.2, 0.25) is 5.91 Å². The fourth-order valence-corrected chi connectivity index (χ4v) is 1.07. The number of anilines is 1. The molecule has 2 nitrogen and oxygen atoms in total. The first kappa shape index (κ1) is 9.07. The fraction of sp³-hybridized carbons (Fsp3) is 0.111. The second-order valence-corrected chi connectivity index (χ2v) is 2.87. The van der Waals surface area contributed by atoms with E-state index in [1.165, 1.54) is 0 Å². The van der Waals surface area contributed by atoms with Gasteiger partial charge in [0.15, 0.2) is 0 Å². The zero-order chi connectivity index (χ0) is 9.14. The molecular formula is C9H9ClNO. The standard InChI is InChI=1S/C9H9ClNO/c1-6-8(10)4-3-5-9(6)11-7(2)12/h3-5H,2H2,1H3,(H,11,12). The molecule has 0 aliphatic heterocycles. The van der Waals surface area contributed by atoms with Crippen LogP contribution in [0.3, 0.4) is 0 Å². The molecular weight excluding hydrogens is 174 g/mol. The summed E-state index contributed by atoms with van der Waals surface area (Å²) in [6.07, 6.45) is 0. The number of nitrogens with one attached hydrogen (secondary N) is 1. The minimum absolute atomic E-state index is 0.333. The van der Waals surface area contributed by atoms with Crippen molar-refractivity contribution >= 4 is 23.2 Å². The summed E-state index contributed by atoms with van der Waals surface area (Å²) in [5.41, 5.74) is 1.57. The van der Waals surface area contributed by atoms with Crippen molar-refractivity contribution in [1.82, 2.24) is 0 Å². The molecule has 0 heterocycles. The Bertz CT molecular complexity index is 309. The van der Waals surface area contributed by atoms with E-state index < -0.39 is 0 Å². The molecule has 3 heteroatoms. The molecule has 0 atom stereocenters. The SMILES string of the molecule is [CH2]C(=O)Nc1cccc(Cl)c1C.